The van der Waals surface area contributed by atoms with E-state index in [0.717, 1.165) is 48.0 Å². The molecule has 0 aliphatic carbocycles. The van der Waals surface area contributed by atoms with Gasteiger partial charge in [0.05, 0.1) is 23.8 Å². The lowest BCUT2D eigenvalue weighted by atomic mass is 10.1. The minimum Gasteiger partial charge on any atom is -0.266 e. The summed E-state index contributed by atoms with van der Waals surface area (Å²) < 4.78 is 2.16. The second-order valence-corrected chi connectivity index (χ2v) is 5.79. The molecule has 8 heteroatoms. The van der Waals surface area contributed by atoms with Gasteiger partial charge in [-0.05, 0) is 18.9 Å². The summed E-state index contributed by atoms with van der Waals surface area (Å²) in [6.45, 7) is 2.63. The number of aromatic nitrogens is 5. The monoisotopic (exact) mass is 310 g/mol. The second-order valence-electron chi connectivity index (χ2n) is 5.79. The van der Waals surface area contributed by atoms with Gasteiger partial charge in [-0.2, -0.15) is 10.4 Å². The molecule has 1 aliphatic rings. The van der Waals surface area contributed by atoms with Crippen molar-refractivity contribution < 1.29 is 0 Å². The van der Waals surface area contributed by atoms with Crippen LogP contribution in [0.3, 0.4) is 0 Å². The summed E-state index contributed by atoms with van der Waals surface area (Å²) >= 11 is 0. The maximum absolute atomic E-state index is 8.60. The van der Waals surface area contributed by atoms with Gasteiger partial charge in [-0.25, -0.2) is 20.2 Å². The Morgan fingerprint density at radius 1 is 1.35 bits per heavy atom. The first kappa shape index (κ1) is 14.1. The molecule has 3 aromatic rings. The Morgan fingerprint density at radius 2 is 2.22 bits per heavy atom. The van der Waals surface area contributed by atoms with E-state index < -0.39 is 0 Å². The third-order valence-corrected chi connectivity index (χ3v) is 4.41. The maximum atomic E-state index is 8.60. The van der Waals surface area contributed by atoms with Crippen molar-refractivity contribution in [3.63, 3.8) is 0 Å². The van der Waals surface area contributed by atoms with Crippen LogP contribution in [0.15, 0.2) is 18.5 Å². The Balaban J connectivity index is 1.54. The van der Waals surface area contributed by atoms with Gasteiger partial charge < -0.3 is 0 Å². The molecule has 118 valence electrons. The van der Waals surface area contributed by atoms with E-state index in [1.807, 2.05) is 6.07 Å². The quantitative estimate of drug-likeness (QED) is 0.706. The number of piperidine rings is 1. The topological polar surface area (TPSA) is 98.5 Å². The molecule has 2 N–H and O–H groups in total. The van der Waals surface area contributed by atoms with Crippen LogP contribution in [-0.2, 0) is 0 Å². The predicted molar refractivity (Wildman–Crippen MR) is 85.3 cm³/mol. The number of hydrogen-bond donors (Lipinski definition) is 2. The van der Waals surface area contributed by atoms with Gasteiger partial charge in [-0.3, -0.25) is 10.1 Å². The lowest BCUT2D eigenvalue weighted by molar-refractivity contribution is 0.125. The van der Waals surface area contributed by atoms with E-state index in [1.165, 1.54) is 0 Å². The van der Waals surface area contributed by atoms with Gasteiger partial charge in [0.15, 0.2) is 5.65 Å². The average molecular weight is 310 g/mol. The van der Waals surface area contributed by atoms with Crippen molar-refractivity contribution in [2.24, 2.45) is 0 Å². The van der Waals surface area contributed by atoms with Crippen LogP contribution in [0.25, 0.3) is 22.1 Å². The first-order chi connectivity index (χ1) is 11.4. The Labute approximate surface area is 133 Å². The molecule has 4 rings (SSSR count). The summed E-state index contributed by atoms with van der Waals surface area (Å²) in [4.78, 5) is 8.61. The summed E-state index contributed by atoms with van der Waals surface area (Å²) in [7, 11) is 0. The number of nitrogens with one attached hydrogen (secondary N) is 2. The van der Waals surface area contributed by atoms with E-state index in [-0.39, 0.29) is 0 Å². The minimum atomic E-state index is 0.384. The molecule has 23 heavy (non-hydrogen) atoms. The minimum absolute atomic E-state index is 0.384. The van der Waals surface area contributed by atoms with Crippen molar-refractivity contribution in [2.75, 3.05) is 19.6 Å². The van der Waals surface area contributed by atoms with Gasteiger partial charge in [0.25, 0.3) is 0 Å². The van der Waals surface area contributed by atoms with Crippen LogP contribution >= 0.6 is 0 Å². The van der Waals surface area contributed by atoms with E-state index in [1.54, 1.807) is 12.4 Å². The molecule has 0 amide bonds. The van der Waals surface area contributed by atoms with Crippen LogP contribution in [0, 0.1) is 11.3 Å². The highest BCUT2D eigenvalue weighted by atomic mass is 15.5. The zero-order valence-corrected chi connectivity index (χ0v) is 12.7. The van der Waals surface area contributed by atoms with Crippen molar-refractivity contribution in [1.82, 2.24) is 35.4 Å². The molecule has 1 saturated heterocycles. The molecule has 0 atom stereocenters. The first-order valence-corrected chi connectivity index (χ1v) is 7.88. The van der Waals surface area contributed by atoms with Crippen molar-refractivity contribution in [3.8, 4) is 6.07 Å². The summed E-state index contributed by atoms with van der Waals surface area (Å²) in [6.07, 6.45) is 6.15. The smallest absolute Gasteiger partial charge is 0.161 e. The highest BCUT2D eigenvalue weighted by Crippen LogP contribution is 2.28. The molecule has 0 aromatic carbocycles. The zero-order valence-electron chi connectivity index (χ0n) is 12.7. The molecule has 0 radical (unpaired) electrons. The Kier molecular flexibility index (Phi) is 3.65. The van der Waals surface area contributed by atoms with E-state index in [9.17, 15) is 0 Å². The van der Waals surface area contributed by atoms with Gasteiger partial charge in [0, 0.05) is 37.6 Å². The average Bonchev–Trinajstić information content (AvgIpc) is 3.21. The number of hydrogen-bond acceptors (Lipinski definition) is 6. The van der Waals surface area contributed by atoms with Crippen LogP contribution in [-0.4, -0.2) is 49.6 Å². The molecule has 3 aromatic heterocycles. The lowest BCUT2D eigenvalue weighted by Crippen LogP contribution is -2.44. The van der Waals surface area contributed by atoms with Crippen LogP contribution in [0.4, 0.5) is 0 Å². The van der Waals surface area contributed by atoms with Gasteiger partial charge >= 0.3 is 0 Å². The standard InChI is InChI=1S/C15H18N8/c16-5-1-6-19-22-8-3-11(4-9-22)23-14-12-2-7-17-15(12)18-10-13(14)20-21-23/h2,7,10-11,19,21H,1,3-4,6,8-9H2. The lowest BCUT2D eigenvalue weighted by Gasteiger charge is -2.32. The first-order valence-electron chi connectivity index (χ1n) is 7.88. The number of nitriles is 1. The molecule has 8 nitrogen and oxygen atoms in total. The third kappa shape index (κ3) is 2.54. The van der Waals surface area contributed by atoms with Crippen LogP contribution in [0.5, 0.6) is 0 Å². The number of aromatic amines is 1. The van der Waals surface area contributed by atoms with Crippen LogP contribution in [0.1, 0.15) is 25.3 Å². The highest BCUT2D eigenvalue weighted by Gasteiger charge is 2.23. The number of rotatable bonds is 4. The number of fused-ring (bicyclic) bond motifs is 3. The fourth-order valence-electron chi connectivity index (χ4n) is 3.24. The van der Waals surface area contributed by atoms with E-state index in [0.29, 0.717) is 19.0 Å². The summed E-state index contributed by atoms with van der Waals surface area (Å²) in [5, 5.41) is 19.4. The molecule has 4 heterocycles. The molecule has 0 saturated carbocycles. The fourth-order valence-corrected chi connectivity index (χ4v) is 3.24. The highest BCUT2D eigenvalue weighted by molar-refractivity contribution is 6.00. The second kappa shape index (κ2) is 5.95. The Morgan fingerprint density at radius 3 is 3.04 bits per heavy atom. The van der Waals surface area contributed by atoms with Gasteiger partial charge in [-0.15, -0.1) is 0 Å². The Bertz CT molecular complexity index is 849. The SMILES string of the molecule is N#CCCNN1CCC(n2[nH]nc3cnc4nccc4c32)CC1. The summed E-state index contributed by atoms with van der Waals surface area (Å²) in [6, 6.07) is 4.53. The maximum Gasteiger partial charge on any atom is 0.161 e. The fraction of sp³-hybridized carbons (Fsp3) is 0.467. The molecule has 0 bridgehead atoms. The van der Waals surface area contributed by atoms with Crippen LogP contribution < -0.4 is 5.43 Å². The van der Waals surface area contributed by atoms with E-state index in [2.05, 4.69) is 41.5 Å². The van der Waals surface area contributed by atoms with Crippen molar-refractivity contribution >= 4 is 22.1 Å². The van der Waals surface area contributed by atoms with Gasteiger partial charge in [0.2, 0.25) is 0 Å². The molecule has 0 spiro atoms. The van der Waals surface area contributed by atoms with Gasteiger partial charge in [-0.1, -0.05) is 0 Å². The number of pyridine rings is 1. The summed E-state index contributed by atoms with van der Waals surface area (Å²) in [5.41, 5.74) is 6.04. The number of hydrazine groups is 1. The normalized spacial score (nSPS) is 17.0. The zero-order chi connectivity index (χ0) is 15.6. The molecule has 1 aliphatic heterocycles. The van der Waals surface area contributed by atoms with Crippen molar-refractivity contribution in [3.05, 3.63) is 18.5 Å². The molecule has 0 unspecified atom stereocenters. The van der Waals surface area contributed by atoms with Crippen molar-refractivity contribution in [2.45, 2.75) is 25.3 Å². The Hall–Kier alpha value is -2.50. The molecular formula is C15H18N8. The molecular weight excluding hydrogens is 292 g/mol. The number of nitrogens with zero attached hydrogens (tertiary/aromatic N) is 6. The molecule has 1 fully saturated rings. The van der Waals surface area contributed by atoms with Gasteiger partial charge in [0.1, 0.15) is 5.52 Å². The number of H-pyrrole nitrogens is 1. The van der Waals surface area contributed by atoms with E-state index in [4.69, 9.17) is 5.26 Å². The predicted octanol–water partition coefficient (Wildman–Crippen LogP) is 1.36. The third-order valence-electron chi connectivity index (χ3n) is 4.41. The van der Waals surface area contributed by atoms with E-state index >= 15 is 0 Å². The largest absolute Gasteiger partial charge is 0.266 e. The summed E-state index contributed by atoms with van der Waals surface area (Å²) in [5.74, 6) is 0. The van der Waals surface area contributed by atoms with Crippen LogP contribution in [0.2, 0.25) is 0 Å². The van der Waals surface area contributed by atoms with Crippen molar-refractivity contribution in [1.29, 1.82) is 5.26 Å².